The smallest absolute Gasteiger partial charge is 0.252 e. The lowest BCUT2D eigenvalue weighted by molar-refractivity contribution is -0.129. The second-order valence-corrected chi connectivity index (χ2v) is 4.80. The van der Waals surface area contributed by atoms with Crippen molar-refractivity contribution in [3.05, 3.63) is 11.1 Å². The number of nitrogens with zero attached hydrogens (tertiary/aromatic N) is 2. The molecule has 0 aromatic rings. The normalized spacial score (nSPS) is 20.9. The number of hydrogen-bond donors (Lipinski definition) is 0. The fourth-order valence-corrected chi connectivity index (χ4v) is 2.33. The second kappa shape index (κ2) is 3.92. The van der Waals surface area contributed by atoms with Crippen molar-refractivity contribution < 1.29 is 9.59 Å². The van der Waals surface area contributed by atoms with Crippen molar-refractivity contribution in [3.8, 4) is 0 Å². The van der Waals surface area contributed by atoms with Gasteiger partial charge in [-0.2, -0.15) is 0 Å². The van der Waals surface area contributed by atoms with Gasteiger partial charge >= 0.3 is 0 Å². The average Bonchev–Trinajstić information content (AvgIpc) is 2.56. The summed E-state index contributed by atoms with van der Waals surface area (Å²) >= 11 is 0. The van der Waals surface area contributed by atoms with E-state index in [-0.39, 0.29) is 17.9 Å². The number of amides is 2. The van der Waals surface area contributed by atoms with E-state index in [1.165, 1.54) is 5.57 Å². The first-order valence-corrected chi connectivity index (χ1v) is 5.78. The molecule has 2 heterocycles. The zero-order valence-electron chi connectivity index (χ0n) is 10.1. The predicted octanol–water partition coefficient (Wildman–Crippen LogP) is 0.786. The molecule has 0 unspecified atom stereocenters. The Morgan fingerprint density at radius 2 is 2.00 bits per heavy atom. The van der Waals surface area contributed by atoms with Crippen LogP contribution < -0.4 is 0 Å². The third-order valence-electron chi connectivity index (χ3n) is 3.41. The van der Waals surface area contributed by atoms with Crippen LogP contribution in [0.4, 0.5) is 0 Å². The maximum Gasteiger partial charge on any atom is 0.252 e. The maximum absolute atomic E-state index is 12.1. The summed E-state index contributed by atoms with van der Waals surface area (Å²) in [6.45, 7) is 7.64. The number of carbonyl (C=O) groups excluding carboxylic acids is 2. The lowest BCUT2D eigenvalue weighted by atomic mass is 10.0. The van der Waals surface area contributed by atoms with Crippen molar-refractivity contribution in [2.24, 2.45) is 0 Å². The van der Waals surface area contributed by atoms with E-state index >= 15 is 0 Å². The van der Waals surface area contributed by atoms with Crippen LogP contribution in [0.25, 0.3) is 0 Å². The highest BCUT2D eigenvalue weighted by Gasteiger charge is 2.35. The molecule has 0 aromatic carbocycles. The summed E-state index contributed by atoms with van der Waals surface area (Å²) < 4.78 is 0. The summed E-state index contributed by atoms with van der Waals surface area (Å²) in [7, 11) is 0. The van der Waals surface area contributed by atoms with Crippen LogP contribution in [-0.2, 0) is 9.59 Å². The summed E-state index contributed by atoms with van der Waals surface area (Å²) in [5.41, 5.74) is 2.09. The quantitative estimate of drug-likeness (QED) is 0.658. The van der Waals surface area contributed by atoms with Gasteiger partial charge in [0.2, 0.25) is 5.91 Å². The molecule has 0 aromatic heterocycles. The molecule has 0 spiro atoms. The molecular weight excluding hydrogens is 204 g/mol. The summed E-state index contributed by atoms with van der Waals surface area (Å²) in [4.78, 5) is 27.0. The van der Waals surface area contributed by atoms with Gasteiger partial charge in [0.1, 0.15) is 0 Å². The SMILES string of the molecule is CC(=O)N1CCC2=C(C1)C(=O)N(C(C)C)C2. The first-order valence-electron chi connectivity index (χ1n) is 5.78. The highest BCUT2D eigenvalue weighted by Crippen LogP contribution is 2.28. The van der Waals surface area contributed by atoms with Crippen LogP contribution in [0.5, 0.6) is 0 Å². The van der Waals surface area contributed by atoms with Gasteiger partial charge in [0, 0.05) is 31.6 Å². The Bertz CT molecular complexity index is 371. The molecule has 88 valence electrons. The van der Waals surface area contributed by atoms with E-state index in [2.05, 4.69) is 0 Å². The molecule has 2 aliphatic rings. The largest absolute Gasteiger partial charge is 0.338 e. The van der Waals surface area contributed by atoms with E-state index in [0.29, 0.717) is 6.54 Å². The zero-order chi connectivity index (χ0) is 11.9. The van der Waals surface area contributed by atoms with E-state index in [4.69, 9.17) is 0 Å². The first kappa shape index (κ1) is 11.2. The molecule has 2 rings (SSSR count). The minimum absolute atomic E-state index is 0.0577. The minimum atomic E-state index is 0.0577. The summed E-state index contributed by atoms with van der Waals surface area (Å²) in [6, 6.07) is 0.240. The van der Waals surface area contributed by atoms with E-state index < -0.39 is 0 Å². The Morgan fingerprint density at radius 1 is 1.31 bits per heavy atom. The number of hydrogen-bond acceptors (Lipinski definition) is 2. The molecule has 0 aliphatic carbocycles. The molecule has 0 bridgehead atoms. The van der Waals surface area contributed by atoms with Crippen molar-refractivity contribution in [3.63, 3.8) is 0 Å². The first-order chi connectivity index (χ1) is 7.50. The highest BCUT2D eigenvalue weighted by molar-refractivity contribution is 5.98. The van der Waals surface area contributed by atoms with Gasteiger partial charge in [-0.15, -0.1) is 0 Å². The molecule has 0 saturated carbocycles. The summed E-state index contributed by atoms with van der Waals surface area (Å²) in [5.74, 6) is 0.179. The van der Waals surface area contributed by atoms with Crippen LogP contribution in [-0.4, -0.2) is 47.3 Å². The third kappa shape index (κ3) is 1.72. The van der Waals surface area contributed by atoms with E-state index in [1.54, 1.807) is 11.8 Å². The van der Waals surface area contributed by atoms with Gasteiger partial charge < -0.3 is 9.80 Å². The van der Waals surface area contributed by atoms with Crippen LogP contribution in [0, 0.1) is 0 Å². The van der Waals surface area contributed by atoms with Crippen LogP contribution in [0.2, 0.25) is 0 Å². The summed E-state index contributed by atoms with van der Waals surface area (Å²) in [6.07, 6.45) is 0.851. The maximum atomic E-state index is 12.1. The fraction of sp³-hybridized carbons (Fsp3) is 0.667. The zero-order valence-corrected chi connectivity index (χ0v) is 10.1. The third-order valence-corrected chi connectivity index (χ3v) is 3.41. The van der Waals surface area contributed by atoms with E-state index in [0.717, 1.165) is 25.1 Å². The van der Waals surface area contributed by atoms with Crippen molar-refractivity contribution in [1.29, 1.82) is 0 Å². The van der Waals surface area contributed by atoms with Crippen LogP contribution >= 0.6 is 0 Å². The molecule has 4 nitrogen and oxygen atoms in total. The van der Waals surface area contributed by atoms with Gasteiger partial charge in [0.25, 0.3) is 5.91 Å². The minimum Gasteiger partial charge on any atom is -0.338 e. The Morgan fingerprint density at radius 3 is 2.56 bits per heavy atom. The van der Waals surface area contributed by atoms with Gasteiger partial charge in [-0.05, 0) is 25.8 Å². The Hall–Kier alpha value is -1.32. The summed E-state index contributed by atoms with van der Waals surface area (Å²) in [5, 5.41) is 0. The molecule has 2 aliphatic heterocycles. The standard InChI is InChI=1S/C12H18N2O2/c1-8(2)14-6-10-4-5-13(9(3)15)7-11(10)12(14)16/h8H,4-7H2,1-3H3. The van der Waals surface area contributed by atoms with Gasteiger partial charge in [0.15, 0.2) is 0 Å². The van der Waals surface area contributed by atoms with Crippen LogP contribution in [0.1, 0.15) is 27.2 Å². The number of rotatable bonds is 1. The monoisotopic (exact) mass is 222 g/mol. The molecule has 0 radical (unpaired) electrons. The van der Waals surface area contributed by atoms with Gasteiger partial charge in [-0.3, -0.25) is 9.59 Å². The molecule has 0 N–H and O–H groups in total. The van der Waals surface area contributed by atoms with Crippen LogP contribution in [0.15, 0.2) is 11.1 Å². The molecule has 0 atom stereocenters. The van der Waals surface area contributed by atoms with Crippen molar-refractivity contribution in [1.82, 2.24) is 9.80 Å². The van der Waals surface area contributed by atoms with E-state index in [9.17, 15) is 9.59 Å². The molecule has 4 heteroatoms. The van der Waals surface area contributed by atoms with Crippen molar-refractivity contribution in [2.45, 2.75) is 33.2 Å². The van der Waals surface area contributed by atoms with Crippen molar-refractivity contribution in [2.75, 3.05) is 19.6 Å². The van der Waals surface area contributed by atoms with Gasteiger partial charge in [-0.1, -0.05) is 0 Å². The van der Waals surface area contributed by atoms with E-state index in [1.807, 2.05) is 18.7 Å². The molecule has 0 saturated heterocycles. The van der Waals surface area contributed by atoms with Crippen LogP contribution in [0.3, 0.4) is 0 Å². The highest BCUT2D eigenvalue weighted by atomic mass is 16.2. The molecule has 0 fully saturated rings. The lowest BCUT2D eigenvalue weighted by Crippen LogP contribution is -2.37. The predicted molar refractivity (Wildman–Crippen MR) is 60.7 cm³/mol. The van der Waals surface area contributed by atoms with Gasteiger partial charge in [0.05, 0.1) is 6.54 Å². The molecule has 16 heavy (non-hydrogen) atoms. The van der Waals surface area contributed by atoms with Gasteiger partial charge in [-0.25, -0.2) is 0 Å². The molecular formula is C12H18N2O2. The molecule has 2 amide bonds. The van der Waals surface area contributed by atoms with Crippen molar-refractivity contribution >= 4 is 11.8 Å². The topological polar surface area (TPSA) is 40.6 Å². The Balaban J connectivity index is 2.16. The fourth-order valence-electron chi connectivity index (χ4n) is 2.33. The lowest BCUT2D eigenvalue weighted by Gasteiger charge is -2.25. The Labute approximate surface area is 95.9 Å². The number of carbonyl (C=O) groups is 2. The Kier molecular flexibility index (Phi) is 2.74. The average molecular weight is 222 g/mol. The second-order valence-electron chi connectivity index (χ2n) is 4.80.